The van der Waals surface area contributed by atoms with E-state index in [-0.39, 0.29) is 17.1 Å². The maximum atomic E-state index is 12.4. The van der Waals surface area contributed by atoms with Gasteiger partial charge in [0, 0.05) is 17.0 Å². The number of anilines is 1. The lowest BCUT2D eigenvalue weighted by atomic mass is 10.2. The molecule has 9 nitrogen and oxygen atoms in total. The van der Waals surface area contributed by atoms with Crippen molar-refractivity contribution in [3.05, 3.63) is 45.0 Å². The predicted octanol–water partition coefficient (Wildman–Crippen LogP) is 0.675. The summed E-state index contributed by atoms with van der Waals surface area (Å²) in [6.45, 7) is 0. The third kappa shape index (κ3) is 1.93. The number of H-pyrrole nitrogens is 1. The largest absolute Gasteiger partial charge is 0.288 e. The summed E-state index contributed by atoms with van der Waals surface area (Å²) in [6, 6.07) is 3.19. The summed E-state index contributed by atoms with van der Waals surface area (Å²) in [5.74, 6) is -0.385. The highest BCUT2D eigenvalue weighted by Crippen LogP contribution is 2.14. The van der Waals surface area contributed by atoms with Crippen molar-refractivity contribution < 1.29 is 4.79 Å². The fourth-order valence-electron chi connectivity index (χ4n) is 2.06. The third-order valence-corrected chi connectivity index (χ3v) is 3.82. The van der Waals surface area contributed by atoms with Crippen LogP contribution in [0.3, 0.4) is 0 Å². The number of tetrazole rings is 1. The summed E-state index contributed by atoms with van der Waals surface area (Å²) < 4.78 is 1.35. The Balaban J connectivity index is 1.82. The monoisotopic (exact) mass is 313 g/mol. The van der Waals surface area contributed by atoms with Gasteiger partial charge in [0.1, 0.15) is 5.65 Å². The van der Waals surface area contributed by atoms with Crippen LogP contribution in [0.25, 0.3) is 16.6 Å². The van der Waals surface area contributed by atoms with Crippen molar-refractivity contribution >= 4 is 39.7 Å². The Kier molecular flexibility index (Phi) is 2.69. The smallest absolute Gasteiger partial charge is 0.270 e. The fourth-order valence-corrected chi connectivity index (χ4v) is 2.79. The van der Waals surface area contributed by atoms with Gasteiger partial charge in [-0.3, -0.25) is 19.3 Å². The molecule has 4 aromatic rings. The first-order valence-electron chi connectivity index (χ1n) is 6.15. The Hall–Kier alpha value is -3.14. The Bertz CT molecular complexity index is 1050. The minimum Gasteiger partial charge on any atom is -0.288 e. The number of fused-ring (bicyclic) bond motifs is 2. The molecule has 0 saturated carbocycles. The van der Waals surface area contributed by atoms with Crippen molar-refractivity contribution in [2.24, 2.45) is 0 Å². The number of hydrogen-bond donors (Lipinski definition) is 2. The number of amides is 1. The number of carbonyl (C=O) groups excluding carboxylic acids is 1. The Morgan fingerprint density at radius 1 is 1.32 bits per heavy atom. The fraction of sp³-hybridized carbons (Fsp3) is 0. The molecule has 1 amide bonds. The van der Waals surface area contributed by atoms with Gasteiger partial charge in [-0.2, -0.15) is 5.21 Å². The first-order valence-corrected chi connectivity index (χ1v) is 7.10. The van der Waals surface area contributed by atoms with Crippen LogP contribution >= 0.6 is 11.3 Å². The van der Waals surface area contributed by atoms with E-state index in [9.17, 15) is 9.59 Å². The van der Waals surface area contributed by atoms with Gasteiger partial charge >= 0.3 is 0 Å². The second-order valence-corrected chi connectivity index (χ2v) is 5.17. The number of nitrogens with zero attached hydrogens (tertiary/aromatic N) is 5. The van der Waals surface area contributed by atoms with Crippen molar-refractivity contribution in [1.82, 2.24) is 30.0 Å². The van der Waals surface area contributed by atoms with Gasteiger partial charge in [-0.1, -0.05) is 5.10 Å². The number of rotatable bonds is 2. The summed E-state index contributed by atoms with van der Waals surface area (Å²) in [7, 11) is 0. The van der Waals surface area contributed by atoms with Gasteiger partial charge in [0.25, 0.3) is 17.4 Å². The van der Waals surface area contributed by atoms with Gasteiger partial charge in [-0.05, 0) is 17.3 Å². The number of pyridine rings is 1. The van der Waals surface area contributed by atoms with Gasteiger partial charge < -0.3 is 0 Å². The molecule has 0 spiro atoms. The molecule has 2 N–H and O–H groups in total. The number of nitrogens with one attached hydrogen (secondary N) is 2. The molecule has 4 heterocycles. The molecule has 4 rings (SSSR count). The molecule has 0 radical (unpaired) electrons. The first-order chi connectivity index (χ1) is 10.7. The van der Waals surface area contributed by atoms with Crippen molar-refractivity contribution in [3.63, 3.8) is 0 Å². The molecule has 0 aliphatic carbocycles. The van der Waals surface area contributed by atoms with Gasteiger partial charge in [-0.15, -0.1) is 16.4 Å². The highest BCUT2D eigenvalue weighted by atomic mass is 32.1. The van der Waals surface area contributed by atoms with E-state index in [1.165, 1.54) is 21.9 Å². The lowest BCUT2D eigenvalue weighted by molar-refractivity contribution is 0.102. The zero-order valence-electron chi connectivity index (χ0n) is 10.8. The second kappa shape index (κ2) is 4.70. The minimum atomic E-state index is -0.444. The normalized spacial score (nSPS) is 11.1. The molecular weight excluding hydrogens is 306 g/mol. The maximum Gasteiger partial charge on any atom is 0.270 e. The summed E-state index contributed by atoms with van der Waals surface area (Å²) in [5.41, 5.74) is 1.21. The molecule has 0 fully saturated rings. The number of hydrogen-bond acceptors (Lipinski definition) is 7. The second-order valence-electron chi connectivity index (χ2n) is 4.42. The van der Waals surface area contributed by atoms with Gasteiger partial charge in [0.15, 0.2) is 0 Å². The van der Waals surface area contributed by atoms with Gasteiger partial charge in [0.05, 0.1) is 16.5 Å². The number of thiophene rings is 1. The van der Waals surface area contributed by atoms with E-state index in [0.717, 1.165) is 0 Å². The molecule has 0 atom stereocenters. The van der Waals surface area contributed by atoms with Crippen LogP contribution in [0.1, 0.15) is 10.4 Å². The molecule has 0 saturated heterocycles. The van der Waals surface area contributed by atoms with E-state index >= 15 is 0 Å². The molecule has 10 heteroatoms. The Labute approximate surface area is 125 Å². The van der Waals surface area contributed by atoms with Crippen LogP contribution in [-0.2, 0) is 0 Å². The molecule has 0 aromatic carbocycles. The molecule has 4 aromatic heterocycles. The van der Waals surface area contributed by atoms with Crippen LogP contribution in [0.15, 0.2) is 33.9 Å². The van der Waals surface area contributed by atoms with Gasteiger partial charge in [-0.25, -0.2) is 4.98 Å². The van der Waals surface area contributed by atoms with Crippen LogP contribution in [0.5, 0.6) is 0 Å². The average Bonchev–Trinajstić information content (AvgIpc) is 3.18. The lowest BCUT2D eigenvalue weighted by Crippen LogP contribution is -2.18. The average molecular weight is 313 g/mol. The zero-order chi connectivity index (χ0) is 15.1. The molecule has 22 heavy (non-hydrogen) atoms. The zero-order valence-corrected chi connectivity index (χ0v) is 11.7. The van der Waals surface area contributed by atoms with Crippen molar-refractivity contribution in [2.75, 3.05) is 5.32 Å². The predicted molar refractivity (Wildman–Crippen MR) is 79.0 cm³/mol. The SMILES string of the molecule is O=C(Nc1nn[nH]n1)c1ccc2nc3cscc3c(=O)n2c1. The van der Waals surface area contributed by atoms with Gasteiger partial charge in [0.2, 0.25) is 0 Å². The summed E-state index contributed by atoms with van der Waals surface area (Å²) in [5, 5.41) is 19.4. The molecule has 108 valence electrons. The Morgan fingerprint density at radius 2 is 2.23 bits per heavy atom. The number of aromatic amines is 1. The van der Waals surface area contributed by atoms with Crippen LogP contribution in [-0.4, -0.2) is 35.9 Å². The molecule has 0 aliphatic heterocycles. The number of aromatic nitrogens is 6. The van der Waals surface area contributed by atoms with E-state index in [2.05, 4.69) is 30.9 Å². The molecule has 0 unspecified atom stereocenters. The van der Waals surface area contributed by atoms with E-state index in [0.29, 0.717) is 16.6 Å². The quantitative estimate of drug-likeness (QED) is 0.561. The minimum absolute atomic E-state index is 0.0591. The highest BCUT2D eigenvalue weighted by molar-refractivity contribution is 7.09. The highest BCUT2D eigenvalue weighted by Gasteiger charge is 2.12. The van der Waals surface area contributed by atoms with Crippen molar-refractivity contribution in [1.29, 1.82) is 0 Å². The van der Waals surface area contributed by atoms with Crippen LogP contribution in [0.2, 0.25) is 0 Å². The van der Waals surface area contributed by atoms with E-state index < -0.39 is 5.91 Å². The summed E-state index contributed by atoms with van der Waals surface area (Å²) in [4.78, 5) is 28.9. The van der Waals surface area contributed by atoms with Crippen LogP contribution in [0.4, 0.5) is 5.95 Å². The molecular formula is C12H7N7O2S. The summed E-state index contributed by atoms with van der Waals surface area (Å²) in [6.07, 6.45) is 1.44. The van der Waals surface area contributed by atoms with Crippen LogP contribution < -0.4 is 10.9 Å². The molecule has 0 aliphatic rings. The lowest BCUT2D eigenvalue weighted by Gasteiger charge is -2.04. The standard InChI is InChI=1S/C12H7N7O2S/c20-10(14-12-15-17-18-16-12)6-1-2-9-13-8-5-22-4-7(8)11(21)19(9)3-6/h1-5H,(H2,14,15,16,17,18,20). The van der Waals surface area contributed by atoms with E-state index in [4.69, 9.17) is 0 Å². The van der Waals surface area contributed by atoms with Crippen LogP contribution in [0, 0.1) is 0 Å². The topological polar surface area (TPSA) is 118 Å². The summed E-state index contributed by atoms with van der Waals surface area (Å²) >= 11 is 1.41. The van der Waals surface area contributed by atoms with Crippen molar-refractivity contribution in [2.45, 2.75) is 0 Å². The van der Waals surface area contributed by atoms with E-state index in [1.807, 2.05) is 5.38 Å². The first kappa shape index (κ1) is 12.6. The maximum absolute atomic E-state index is 12.4. The van der Waals surface area contributed by atoms with Crippen molar-refractivity contribution in [3.8, 4) is 0 Å². The van der Waals surface area contributed by atoms with E-state index in [1.54, 1.807) is 17.5 Å². The molecule has 0 bridgehead atoms. The number of carbonyl (C=O) groups is 1. The third-order valence-electron chi connectivity index (χ3n) is 3.09. The Morgan fingerprint density at radius 3 is 3.05 bits per heavy atom.